The molecule has 0 fully saturated rings. The van der Waals surface area contributed by atoms with Crippen molar-refractivity contribution >= 4 is 11.6 Å². The molecule has 3 heteroatoms. The lowest BCUT2D eigenvalue weighted by molar-refractivity contribution is -0.121. The molecule has 0 saturated carbocycles. The van der Waals surface area contributed by atoms with E-state index in [1.165, 1.54) is 22.3 Å². The molecular formula is C20H24N2O. The summed E-state index contributed by atoms with van der Waals surface area (Å²) < 4.78 is 0. The highest BCUT2D eigenvalue weighted by atomic mass is 16.1. The number of amides is 1. The first-order valence-corrected chi connectivity index (χ1v) is 8.27. The van der Waals surface area contributed by atoms with Crippen LogP contribution >= 0.6 is 0 Å². The Bertz CT molecular complexity index is 736. The Labute approximate surface area is 137 Å². The number of carbonyl (C=O) groups is 1. The van der Waals surface area contributed by atoms with Crippen LogP contribution in [0.3, 0.4) is 0 Å². The molecule has 0 spiro atoms. The highest BCUT2D eigenvalue weighted by molar-refractivity contribution is 5.79. The van der Waals surface area contributed by atoms with E-state index < -0.39 is 0 Å². The standard InChI is InChI=1S/C20H24N2O/c1-13-6-7-14(2)16(10-13)12-20(23)22-19-5-3-4-15-11-17(21)8-9-18(15)19/h6-11,19H,3-5,12,21H2,1-2H3,(H,22,23). The Kier molecular flexibility index (Phi) is 4.37. The van der Waals surface area contributed by atoms with E-state index in [0.29, 0.717) is 6.42 Å². The third kappa shape index (κ3) is 3.55. The van der Waals surface area contributed by atoms with Gasteiger partial charge >= 0.3 is 0 Å². The number of rotatable bonds is 3. The second-order valence-corrected chi connectivity index (χ2v) is 6.58. The molecule has 3 rings (SSSR count). The number of anilines is 1. The van der Waals surface area contributed by atoms with Crippen molar-refractivity contribution in [2.24, 2.45) is 0 Å². The van der Waals surface area contributed by atoms with Crippen molar-refractivity contribution in [3.8, 4) is 0 Å². The van der Waals surface area contributed by atoms with Gasteiger partial charge in [0.1, 0.15) is 0 Å². The maximum Gasteiger partial charge on any atom is 0.224 e. The lowest BCUT2D eigenvalue weighted by atomic mass is 9.87. The summed E-state index contributed by atoms with van der Waals surface area (Å²) in [6.07, 6.45) is 3.57. The van der Waals surface area contributed by atoms with Crippen LogP contribution < -0.4 is 11.1 Å². The molecule has 2 aromatic carbocycles. The fourth-order valence-electron chi connectivity index (χ4n) is 3.39. The quantitative estimate of drug-likeness (QED) is 0.851. The Balaban J connectivity index is 1.73. The molecule has 3 N–H and O–H groups in total. The number of fused-ring (bicyclic) bond motifs is 1. The van der Waals surface area contributed by atoms with Gasteiger partial charge in [-0.15, -0.1) is 0 Å². The number of benzene rings is 2. The number of aryl methyl sites for hydroxylation is 3. The molecule has 1 atom stereocenters. The topological polar surface area (TPSA) is 55.1 Å². The average Bonchev–Trinajstić information content (AvgIpc) is 2.51. The van der Waals surface area contributed by atoms with E-state index in [2.05, 4.69) is 43.4 Å². The summed E-state index contributed by atoms with van der Waals surface area (Å²) in [6.45, 7) is 4.11. The number of nitrogen functional groups attached to an aromatic ring is 1. The third-order valence-electron chi connectivity index (χ3n) is 4.67. The van der Waals surface area contributed by atoms with E-state index in [9.17, 15) is 4.79 Å². The first kappa shape index (κ1) is 15.6. The van der Waals surface area contributed by atoms with Crippen LogP contribution in [0.2, 0.25) is 0 Å². The van der Waals surface area contributed by atoms with Gasteiger partial charge in [0, 0.05) is 5.69 Å². The van der Waals surface area contributed by atoms with Crippen molar-refractivity contribution in [1.29, 1.82) is 0 Å². The molecule has 3 nitrogen and oxygen atoms in total. The zero-order valence-electron chi connectivity index (χ0n) is 13.9. The van der Waals surface area contributed by atoms with Gasteiger partial charge < -0.3 is 11.1 Å². The minimum Gasteiger partial charge on any atom is -0.399 e. The molecule has 23 heavy (non-hydrogen) atoms. The highest BCUT2D eigenvalue weighted by Crippen LogP contribution is 2.31. The zero-order valence-corrected chi connectivity index (χ0v) is 13.9. The van der Waals surface area contributed by atoms with Crippen LogP contribution in [-0.2, 0) is 17.6 Å². The fourth-order valence-corrected chi connectivity index (χ4v) is 3.39. The van der Waals surface area contributed by atoms with Gasteiger partial charge in [0.15, 0.2) is 0 Å². The molecule has 0 radical (unpaired) electrons. The molecule has 0 heterocycles. The van der Waals surface area contributed by atoms with Gasteiger partial charge in [0.05, 0.1) is 12.5 Å². The summed E-state index contributed by atoms with van der Waals surface area (Å²) in [6, 6.07) is 12.4. The van der Waals surface area contributed by atoms with Crippen LogP contribution in [0.1, 0.15) is 46.7 Å². The van der Waals surface area contributed by atoms with Gasteiger partial charge in [-0.05, 0) is 67.5 Å². The van der Waals surface area contributed by atoms with E-state index in [4.69, 9.17) is 5.73 Å². The smallest absolute Gasteiger partial charge is 0.224 e. The number of carbonyl (C=O) groups excluding carboxylic acids is 1. The molecule has 2 aromatic rings. The van der Waals surface area contributed by atoms with Gasteiger partial charge in [-0.25, -0.2) is 0 Å². The SMILES string of the molecule is Cc1ccc(C)c(CC(=O)NC2CCCc3cc(N)ccc32)c1. The summed E-state index contributed by atoms with van der Waals surface area (Å²) >= 11 is 0. The van der Waals surface area contributed by atoms with Gasteiger partial charge in [-0.2, -0.15) is 0 Å². The van der Waals surface area contributed by atoms with E-state index in [0.717, 1.165) is 30.5 Å². The predicted octanol–water partition coefficient (Wildman–Crippen LogP) is 3.62. The summed E-state index contributed by atoms with van der Waals surface area (Å²) in [7, 11) is 0. The van der Waals surface area contributed by atoms with Crippen LogP contribution in [-0.4, -0.2) is 5.91 Å². The molecule has 1 aliphatic rings. The Morgan fingerprint density at radius 2 is 2.04 bits per heavy atom. The molecular weight excluding hydrogens is 284 g/mol. The zero-order chi connectivity index (χ0) is 16.4. The van der Waals surface area contributed by atoms with Crippen molar-refractivity contribution in [2.45, 2.75) is 45.6 Å². The van der Waals surface area contributed by atoms with E-state index in [1.807, 2.05) is 12.1 Å². The number of hydrogen-bond acceptors (Lipinski definition) is 2. The lowest BCUT2D eigenvalue weighted by Gasteiger charge is -2.27. The molecule has 120 valence electrons. The van der Waals surface area contributed by atoms with Gasteiger partial charge in [-0.1, -0.05) is 29.8 Å². The third-order valence-corrected chi connectivity index (χ3v) is 4.67. The van der Waals surface area contributed by atoms with Crippen LogP contribution in [0.15, 0.2) is 36.4 Å². The first-order chi connectivity index (χ1) is 11.0. The van der Waals surface area contributed by atoms with Gasteiger partial charge in [0.25, 0.3) is 0 Å². The Morgan fingerprint density at radius 1 is 1.22 bits per heavy atom. The van der Waals surface area contributed by atoms with Crippen molar-refractivity contribution in [3.63, 3.8) is 0 Å². The monoisotopic (exact) mass is 308 g/mol. The molecule has 0 saturated heterocycles. The molecule has 1 amide bonds. The normalized spacial score (nSPS) is 16.7. The Morgan fingerprint density at radius 3 is 2.87 bits per heavy atom. The average molecular weight is 308 g/mol. The molecule has 1 unspecified atom stereocenters. The predicted molar refractivity (Wildman–Crippen MR) is 94.3 cm³/mol. The number of nitrogens with two attached hydrogens (primary N) is 1. The van der Waals surface area contributed by atoms with Crippen LogP contribution in [0.4, 0.5) is 5.69 Å². The largest absolute Gasteiger partial charge is 0.399 e. The van der Waals surface area contributed by atoms with E-state index in [1.54, 1.807) is 0 Å². The summed E-state index contributed by atoms with van der Waals surface area (Å²) in [4.78, 5) is 12.5. The van der Waals surface area contributed by atoms with E-state index in [-0.39, 0.29) is 11.9 Å². The van der Waals surface area contributed by atoms with Crippen molar-refractivity contribution in [1.82, 2.24) is 5.32 Å². The molecule has 0 bridgehead atoms. The van der Waals surface area contributed by atoms with Crippen LogP contribution in [0, 0.1) is 13.8 Å². The summed E-state index contributed by atoms with van der Waals surface area (Å²) in [5, 5.41) is 3.21. The summed E-state index contributed by atoms with van der Waals surface area (Å²) in [5.41, 5.74) is 12.6. The highest BCUT2D eigenvalue weighted by Gasteiger charge is 2.22. The second-order valence-electron chi connectivity index (χ2n) is 6.58. The van der Waals surface area contributed by atoms with Crippen molar-refractivity contribution < 1.29 is 4.79 Å². The lowest BCUT2D eigenvalue weighted by Crippen LogP contribution is -2.32. The first-order valence-electron chi connectivity index (χ1n) is 8.27. The minimum absolute atomic E-state index is 0.0911. The Hall–Kier alpha value is -2.29. The van der Waals surface area contributed by atoms with Crippen LogP contribution in [0.5, 0.6) is 0 Å². The molecule has 0 aromatic heterocycles. The van der Waals surface area contributed by atoms with Gasteiger partial charge in [-0.3, -0.25) is 4.79 Å². The van der Waals surface area contributed by atoms with Crippen molar-refractivity contribution in [2.75, 3.05) is 5.73 Å². The number of nitrogens with one attached hydrogen (secondary N) is 1. The maximum atomic E-state index is 12.5. The fraction of sp³-hybridized carbons (Fsp3) is 0.350. The molecule has 0 aliphatic heterocycles. The number of hydrogen-bond donors (Lipinski definition) is 2. The molecule has 1 aliphatic carbocycles. The van der Waals surface area contributed by atoms with Crippen molar-refractivity contribution in [3.05, 3.63) is 64.2 Å². The van der Waals surface area contributed by atoms with Gasteiger partial charge in [0.2, 0.25) is 5.91 Å². The summed E-state index contributed by atoms with van der Waals surface area (Å²) in [5.74, 6) is 0.0911. The maximum absolute atomic E-state index is 12.5. The van der Waals surface area contributed by atoms with E-state index >= 15 is 0 Å². The van der Waals surface area contributed by atoms with Crippen LogP contribution in [0.25, 0.3) is 0 Å². The minimum atomic E-state index is 0.0911. The second kappa shape index (κ2) is 6.45.